The SMILES string of the molecule is CC1(C)CC[C@]23CC[C@]4(C)[C@H](CC[C@@H]5[C@@]6(C)C/C(=C\c7cccc8ccccc78)C(=O)C(C)(C)[C@H]6CC[C@]54C)[C@H]2[C@H]1OC3. The fourth-order valence-electron chi connectivity index (χ4n) is 13.5. The molecule has 2 aromatic carbocycles. The smallest absolute Gasteiger partial charge is 0.164 e. The predicted octanol–water partition coefficient (Wildman–Crippen LogP) is 10.3. The highest BCUT2D eigenvalue weighted by Crippen LogP contribution is 2.78. The molecule has 1 saturated heterocycles. The first-order chi connectivity index (χ1) is 20.3. The van der Waals surface area contributed by atoms with Gasteiger partial charge in [-0.25, -0.2) is 0 Å². The maximum Gasteiger partial charge on any atom is 0.164 e. The van der Waals surface area contributed by atoms with Crippen LogP contribution in [0, 0.1) is 56.2 Å². The normalized spacial score (nSPS) is 47.0. The number of allylic oxidation sites excluding steroid dienone is 1. The molecule has 2 aromatic rings. The van der Waals surface area contributed by atoms with Crippen molar-refractivity contribution in [2.75, 3.05) is 6.61 Å². The van der Waals surface area contributed by atoms with E-state index in [2.05, 4.69) is 97.0 Å². The van der Waals surface area contributed by atoms with Gasteiger partial charge in [0.25, 0.3) is 0 Å². The predicted molar refractivity (Wildman–Crippen MR) is 177 cm³/mol. The van der Waals surface area contributed by atoms with E-state index < -0.39 is 0 Å². The molecule has 0 unspecified atom stereocenters. The second-order valence-corrected chi connectivity index (χ2v) is 18.2. The lowest BCUT2D eigenvalue weighted by Gasteiger charge is -2.73. The molecule has 0 amide bonds. The van der Waals surface area contributed by atoms with Crippen LogP contribution in [-0.4, -0.2) is 18.5 Å². The summed E-state index contributed by atoms with van der Waals surface area (Å²) in [6.45, 7) is 18.6. The monoisotopic (exact) mass is 578 g/mol. The first kappa shape index (κ1) is 28.5. The second kappa shape index (κ2) is 8.86. The lowest BCUT2D eigenvalue weighted by Crippen LogP contribution is -2.67. The average Bonchev–Trinajstić information content (AvgIpc) is 3.30. The van der Waals surface area contributed by atoms with E-state index in [-0.39, 0.29) is 10.8 Å². The maximum absolute atomic E-state index is 14.3. The zero-order valence-electron chi connectivity index (χ0n) is 27.9. The van der Waals surface area contributed by atoms with Crippen molar-refractivity contribution in [3.63, 3.8) is 0 Å². The van der Waals surface area contributed by atoms with Crippen LogP contribution in [0.2, 0.25) is 0 Å². The molecule has 1 heterocycles. The maximum atomic E-state index is 14.3. The van der Waals surface area contributed by atoms with Crippen LogP contribution >= 0.6 is 0 Å². The Morgan fingerprint density at radius 3 is 2.33 bits per heavy atom. The van der Waals surface area contributed by atoms with Gasteiger partial charge >= 0.3 is 0 Å². The molecule has 0 radical (unpaired) electrons. The van der Waals surface area contributed by atoms with Gasteiger partial charge in [-0.1, -0.05) is 90.9 Å². The number of carbonyl (C=O) groups excluding carboxylic acids is 1. The molecular weight excluding hydrogens is 524 g/mol. The van der Waals surface area contributed by atoms with Crippen LogP contribution < -0.4 is 0 Å². The van der Waals surface area contributed by atoms with Crippen LogP contribution in [0.5, 0.6) is 0 Å². The number of ether oxygens (including phenoxy) is 1. The first-order valence-electron chi connectivity index (χ1n) is 17.6. The average molecular weight is 579 g/mol. The highest BCUT2D eigenvalue weighted by molar-refractivity contribution is 6.06. The highest BCUT2D eigenvalue weighted by Gasteiger charge is 2.73. The number of fused-ring (bicyclic) bond motifs is 6. The molecule has 0 aromatic heterocycles. The fourth-order valence-corrected chi connectivity index (χ4v) is 13.5. The van der Waals surface area contributed by atoms with E-state index >= 15 is 0 Å². The van der Waals surface area contributed by atoms with Gasteiger partial charge in [-0.3, -0.25) is 4.79 Å². The van der Waals surface area contributed by atoms with Crippen molar-refractivity contribution in [3.05, 3.63) is 53.6 Å². The summed E-state index contributed by atoms with van der Waals surface area (Å²) in [5.74, 6) is 2.97. The zero-order valence-corrected chi connectivity index (χ0v) is 27.9. The molecule has 2 bridgehead atoms. The summed E-state index contributed by atoms with van der Waals surface area (Å²) in [6.07, 6.45) is 14.2. The van der Waals surface area contributed by atoms with Crippen molar-refractivity contribution in [2.45, 2.75) is 112 Å². The number of hydrogen-bond donors (Lipinski definition) is 0. The number of carbonyl (C=O) groups is 1. The van der Waals surface area contributed by atoms with Gasteiger partial charge in [-0.05, 0) is 137 Å². The summed E-state index contributed by atoms with van der Waals surface area (Å²) in [5, 5.41) is 2.50. The van der Waals surface area contributed by atoms with E-state index in [1.807, 2.05) is 0 Å². The Morgan fingerprint density at radius 1 is 0.767 bits per heavy atom. The van der Waals surface area contributed by atoms with E-state index in [0.29, 0.717) is 45.4 Å². The van der Waals surface area contributed by atoms with Crippen LogP contribution in [0.3, 0.4) is 0 Å². The van der Waals surface area contributed by atoms with Crippen LogP contribution in [0.1, 0.15) is 112 Å². The standard InChI is InChI=1S/C41H54O2/c1-36(2)19-21-41-22-20-39(6)30(33(41)35(36)43-25-41)15-16-32-38(5)24-28(23-27-13-10-12-26-11-8-9-14-29(26)27)34(42)37(3,4)31(38)17-18-40(32,39)7/h8-14,23,30-33,35H,15-22,24-25H2,1-7H3/b28-23+/t30-,31-,32-,33+,35-,38+,39-,40-,41-/m1/s1. The van der Waals surface area contributed by atoms with Gasteiger partial charge in [0.2, 0.25) is 0 Å². The summed E-state index contributed by atoms with van der Waals surface area (Å²) in [6, 6.07) is 15.2. The summed E-state index contributed by atoms with van der Waals surface area (Å²) < 4.78 is 6.79. The Labute approximate surface area is 260 Å². The second-order valence-electron chi connectivity index (χ2n) is 18.2. The first-order valence-corrected chi connectivity index (χ1v) is 17.6. The number of hydrogen-bond acceptors (Lipinski definition) is 2. The van der Waals surface area contributed by atoms with E-state index in [1.54, 1.807) is 0 Å². The molecule has 1 aliphatic heterocycles. The minimum Gasteiger partial charge on any atom is -0.377 e. The molecule has 230 valence electrons. The summed E-state index contributed by atoms with van der Waals surface area (Å²) in [7, 11) is 0. The zero-order chi connectivity index (χ0) is 30.2. The van der Waals surface area contributed by atoms with E-state index in [4.69, 9.17) is 4.74 Å². The highest BCUT2D eigenvalue weighted by atomic mass is 16.5. The van der Waals surface area contributed by atoms with Crippen LogP contribution in [0.4, 0.5) is 0 Å². The van der Waals surface area contributed by atoms with Crippen molar-refractivity contribution in [3.8, 4) is 0 Å². The Balaban J connectivity index is 1.20. The third-order valence-electron chi connectivity index (χ3n) is 15.9. The van der Waals surface area contributed by atoms with Gasteiger partial charge in [-0.15, -0.1) is 0 Å². The van der Waals surface area contributed by atoms with Crippen molar-refractivity contribution in [1.82, 2.24) is 0 Å². The molecule has 5 aliphatic carbocycles. The Morgan fingerprint density at radius 2 is 1.51 bits per heavy atom. The lowest BCUT2D eigenvalue weighted by molar-refractivity contribution is -0.236. The van der Waals surface area contributed by atoms with Crippen LogP contribution in [0.15, 0.2) is 48.0 Å². The minimum atomic E-state index is -0.334. The molecular formula is C41H54O2. The lowest BCUT2D eigenvalue weighted by atomic mass is 9.31. The molecule has 5 saturated carbocycles. The molecule has 6 fully saturated rings. The molecule has 2 heteroatoms. The number of benzene rings is 2. The van der Waals surface area contributed by atoms with Gasteiger partial charge < -0.3 is 4.74 Å². The Bertz CT molecular complexity index is 1520. The van der Waals surface area contributed by atoms with Crippen molar-refractivity contribution >= 4 is 22.6 Å². The molecule has 0 spiro atoms. The molecule has 43 heavy (non-hydrogen) atoms. The van der Waals surface area contributed by atoms with E-state index in [1.165, 1.54) is 67.7 Å². The van der Waals surface area contributed by atoms with Gasteiger partial charge in [0, 0.05) is 5.41 Å². The molecule has 6 aliphatic rings. The summed E-state index contributed by atoms with van der Waals surface area (Å²) in [5.41, 5.74) is 3.42. The number of ketones is 1. The van der Waals surface area contributed by atoms with E-state index in [9.17, 15) is 4.79 Å². The number of Topliss-reactive ketones (excluding diaryl/α,β-unsaturated/α-hetero) is 1. The minimum absolute atomic E-state index is 0.130. The van der Waals surface area contributed by atoms with Crippen molar-refractivity contribution in [2.24, 2.45) is 56.2 Å². The van der Waals surface area contributed by atoms with E-state index in [0.717, 1.165) is 30.4 Å². The van der Waals surface area contributed by atoms with Crippen molar-refractivity contribution in [1.29, 1.82) is 0 Å². The third kappa shape index (κ3) is 3.54. The van der Waals surface area contributed by atoms with Gasteiger partial charge in [0.15, 0.2) is 5.78 Å². The summed E-state index contributed by atoms with van der Waals surface area (Å²) in [4.78, 5) is 14.3. The van der Waals surface area contributed by atoms with Crippen molar-refractivity contribution < 1.29 is 9.53 Å². The molecule has 8 rings (SSSR count). The molecule has 9 atom stereocenters. The van der Waals surface area contributed by atoms with Crippen LogP contribution in [0.25, 0.3) is 16.8 Å². The quantitative estimate of drug-likeness (QED) is 0.315. The Hall–Kier alpha value is -1.93. The van der Waals surface area contributed by atoms with Gasteiger partial charge in [-0.2, -0.15) is 0 Å². The molecule has 0 N–H and O–H groups in total. The Kier molecular flexibility index (Phi) is 5.88. The summed E-state index contributed by atoms with van der Waals surface area (Å²) >= 11 is 0. The largest absolute Gasteiger partial charge is 0.377 e. The fraction of sp³-hybridized carbons (Fsp3) is 0.683. The topological polar surface area (TPSA) is 26.3 Å². The van der Waals surface area contributed by atoms with Gasteiger partial charge in [0.1, 0.15) is 0 Å². The van der Waals surface area contributed by atoms with Gasteiger partial charge in [0.05, 0.1) is 12.7 Å². The molecule has 2 nitrogen and oxygen atoms in total. The van der Waals surface area contributed by atoms with Crippen LogP contribution in [-0.2, 0) is 9.53 Å². The third-order valence-corrected chi connectivity index (χ3v) is 15.9. The number of rotatable bonds is 1.